The Hall–Kier alpha value is -3.15. The molecule has 0 spiro atoms. The summed E-state index contributed by atoms with van der Waals surface area (Å²) in [5.41, 5.74) is 2.13. The second-order valence-electron chi connectivity index (χ2n) is 5.61. The molecule has 26 heavy (non-hydrogen) atoms. The molecule has 1 aromatic heterocycles. The van der Waals surface area contributed by atoms with Gasteiger partial charge in [0.05, 0.1) is 4.90 Å². The fourth-order valence-electron chi connectivity index (χ4n) is 2.22. The van der Waals surface area contributed by atoms with E-state index in [4.69, 9.17) is 4.42 Å². The van der Waals surface area contributed by atoms with Crippen molar-refractivity contribution in [1.82, 2.24) is 9.29 Å². The standard InChI is InChI=1S/C18H16N4O3S/c1-22(2)26(23,24)15-9-7-14(8-10-15)20-12-13(11-19)18-21-16-5-3-4-6-17(16)25-18/h3-10,12,20H,1-2H3. The van der Waals surface area contributed by atoms with Gasteiger partial charge in [0.15, 0.2) is 5.58 Å². The van der Waals surface area contributed by atoms with Crippen LogP contribution >= 0.6 is 0 Å². The number of benzene rings is 2. The fraction of sp³-hybridized carbons (Fsp3) is 0.111. The SMILES string of the molecule is CN(C)S(=O)(=O)c1ccc(NC=C(C#N)c2nc3ccccc3o2)cc1. The van der Waals surface area contributed by atoms with Crippen molar-refractivity contribution in [1.29, 1.82) is 5.26 Å². The lowest BCUT2D eigenvalue weighted by molar-refractivity contribution is 0.521. The van der Waals surface area contributed by atoms with Gasteiger partial charge in [0, 0.05) is 26.0 Å². The van der Waals surface area contributed by atoms with Crippen LogP contribution in [-0.2, 0) is 10.0 Å². The summed E-state index contributed by atoms with van der Waals surface area (Å²) in [5.74, 6) is 0.216. The number of allylic oxidation sites excluding steroid dienone is 1. The number of oxazole rings is 1. The first-order valence-corrected chi connectivity index (χ1v) is 9.11. The Labute approximate surface area is 151 Å². The van der Waals surface area contributed by atoms with Crippen molar-refractivity contribution >= 4 is 32.4 Å². The molecule has 8 heteroatoms. The van der Waals surface area contributed by atoms with E-state index < -0.39 is 10.0 Å². The Bertz CT molecular complexity index is 1070. The molecule has 0 saturated heterocycles. The van der Waals surface area contributed by atoms with E-state index in [2.05, 4.69) is 10.3 Å². The van der Waals surface area contributed by atoms with Gasteiger partial charge in [-0.25, -0.2) is 17.7 Å². The quantitative estimate of drug-likeness (QED) is 0.695. The highest BCUT2D eigenvalue weighted by molar-refractivity contribution is 7.89. The van der Waals surface area contributed by atoms with E-state index >= 15 is 0 Å². The summed E-state index contributed by atoms with van der Waals surface area (Å²) in [5, 5.41) is 12.3. The number of sulfonamides is 1. The van der Waals surface area contributed by atoms with E-state index in [9.17, 15) is 13.7 Å². The average molecular weight is 368 g/mol. The topological polar surface area (TPSA) is 99.2 Å². The minimum Gasteiger partial charge on any atom is -0.435 e. The first-order valence-electron chi connectivity index (χ1n) is 7.67. The van der Waals surface area contributed by atoms with Gasteiger partial charge in [-0.1, -0.05) is 12.1 Å². The summed E-state index contributed by atoms with van der Waals surface area (Å²) in [6.07, 6.45) is 1.47. The van der Waals surface area contributed by atoms with Gasteiger partial charge in [-0.05, 0) is 36.4 Å². The van der Waals surface area contributed by atoms with Gasteiger partial charge in [0.1, 0.15) is 17.2 Å². The Morgan fingerprint density at radius 1 is 1.19 bits per heavy atom. The third kappa shape index (κ3) is 3.44. The molecule has 0 radical (unpaired) electrons. The van der Waals surface area contributed by atoms with E-state index in [0.29, 0.717) is 16.8 Å². The van der Waals surface area contributed by atoms with Crippen LogP contribution in [-0.4, -0.2) is 31.8 Å². The molecule has 1 N–H and O–H groups in total. The number of nitriles is 1. The molecule has 0 fully saturated rings. The van der Waals surface area contributed by atoms with E-state index in [-0.39, 0.29) is 16.4 Å². The lowest BCUT2D eigenvalue weighted by Gasteiger charge is -2.11. The maximum Gasteiger partial charge on any atom is 0.242 e. The molecule has 0 amide bonds. The molecular formula is C18H16N4O3S. The van der Waals surface area contributed by atoms with Crippen LogP contribution in [0.4, 0.5) is 5.69 Å². The molecule has 1 heterocycles. The van der Waals surface area contributed by atoms with Crippen molar-refractivity contribution in [2.24, 2.45) is 0 Å². The summed E-state index contributed by atoms with van der Waals surface area (Å²) in [7, 11) is -0.523. The largest absolute Gasteiger partial charge is 0.435 e. The van der Waals surface area contributed by atoms with Crippen LogP contribution in [0.25, 0.3) is 16.7 Å². The number of hydrogen-bond acceptors (Lipinski definition) is 6. The maximum absolute atomic E-state index is 12.1. The highest BCUT2D eigenvalue weighted by atomic mass is 32.2. The molecule has 3 aromatic rings. The molecule has 3 rings (SSSR count). The van der Waals surface area contributed by atoms with Gasteiger partial charge in [-0.3, -0.25) is 0 Å². The molecule has 0 aliphatic carbocycles. The number of anilines is 1. The van der Waals surface area contributed by atoms with Gasteiger partial charge in [-0.2, -0.15) is 5.26 Å². The van der Waals surface area contributed by atoms with Gasteiger partial charge in [-0.15, -0.1) is 0 Å². The first kappa shape index (κ1) is 17.7. The van der Waals surface area contributed by atoms with Crippen LogP contribution in [0.15, 0.2) is 64.0 Å². The Kier molecular flexibility index (Phi) is 4.75. The zero-order chi connectivity index (χ0) is 18.7. The highest BCUT2D eigenvalue weighted by Crippen LogP contribution is 2.21. The molecule has 0 aliphatic rings. The fourth-order valence-corrected chi connectivity index (χ4v) is 3.12. The first-order chi connectivity index (χ1) is 12.4. The number of rotatable bonds is 5. The monoisotopic (exact) mass is 368 g/mol. The van der Waals surface area contributed by atoms with Crippen molar-refractivity contribution in [2.45, 2.75) is 4.90 Å². The lowest BCUT2D eigenvalue weighted by atomic mass is 10.3. The van der Waals surface area contributed by atoms with Crippen molar-refractivity contribution in [3.05, 3.63) is 60.6 Å². The third-order valence-corrected chi connectivity index (χ3v) is 5.49. The summed E-state index contributed by atoms with van der Waals surface area (Å²) in [4.78, 5) is 4.47. The zero-order valence-electron chi connectivity index (χ0n) is 14.2. The molecule has 7 nitrogen and oxygen atoms in total. The van der Waals surface area contributed by atoms with Crippen molar-refractivity contribution in [3.63, 3.8) is 0 Å². The molecule has 0 unspecified atom stereocenters. The summed E-state index contributed by atoms with van der Waals surface area (Å²) >= 11 is 0. The molecule has 132 valence electrons. The van der Waals surface area contributed by atoms with Crippen molar-refractivity contribution in [3.8, 4) is 6.07 Å². The normalized spacial score (nSPS) is 12.3. The van der Waals surface area contributed by atoms with E-state index in [1.807, 2.05) is 18.2 Å². The number of hydrogen-bond donors (Lipinski definition) is 1. The number of nitrogens with one attached hydrogen (secondary N) is 1. The van der Waals surface area contributed by atoms with Crippen LogP contribution in [0.3, 0.4) is 0 Å². The van der Waals surface area contributed by atoms with Crippen LogP contribution in [0, 0.1) is 11.3 Å². The highest BCUT2D eigenvalue weighted by Gasteiger charge is 2.16. The number of para-hydroxylation sites is 2. The molecule has 0 atom stereocenters. The zero-order valence-corrected chi connectivity index (χ0v) is 15.0. The molecule has 0 saturated carbocycles. The molecule has 2 aromatic carbocycles. The van der Waals surface area contributed by atoms with Gasteiger partial charge < -0.3 is 9.73 Å². The van der Waals surface area contributed by atoms with E-state index in [1.54, 1.807) is 24.3 Å². The van der Waals surface area contributed by atoms with E-state index in [1.165, 1.54) is 32.4 Å². The van der Waals surface area contributed by atoms with Crippen LogP contribution in [0.1, 0.15) is 5.89 Å². The Morgan fingerprint density at radius 3 is 2.50 bits per heavy atom. The predicted molar refractivity (Wildman–Crippen MR) is 98.5 cm³/mol. The molecule has 0 aliphatic heterocycles. The summed E-state index contributed by atoms with van der Waals surface area (Å²) in [6, 6.07) is 15.5. The average Bonchev–Trinajstić information content (AvgIpc) is 3.06. The number of fused-ring (bicyclic) bond motifs is 1. The van der Waals surface area contributed by atoms with Crippen molar-refractivity contribution < 1.29 is 12.8 Å². The number of nitrogens with zero attached hydrogens (tertiary/aromatic N) is 3. The minimum atomic E-state index is -3.47. The third-order valence-electron chi connectivity index (χ3n) is 3.66. The Balaban J connectivity index is 1.82. The van der Waals surface area contributed by atoms with Crippen LogP contribution in [0.2, 0.25) is 0 Å². The lowest BCUT2D eigenvalue weighted by Crippen LogP contribution is -2.22. The summed E-state index contributed by atoms with van der Waals surface area (Å²) in [6.45, 7) is 0. The molecular weight excluding hydrogens is 352 g/mol. The van der Waals surface area contributed by atoms with Gasteiger partial charge in [0.25, 0.3) is 0 Å². The van der Waals surface area contributed by atoms with Crippen LogP contribution in [0.5, 0.6) is 0 Å². The number of aromatic nitrogens is 1. The van der Waals surface area contributed by atoms with Gasteiger partial charge in [0.2, 0.25) is 15.9 Å². The van der Waals surface area contributed by atoms with E-state index in [0.717, 1.165) is 4.31 Å². The second kappa shape index (κ2) is 7.00. The van der Waals surface area contributed by atoms with Crippen molar-refractivity contribution in [2.75, 3.05) is 19.4 Å². The van der Waals surface area contributed by atoms with Gasteiger partial charge >= 0.3 is 0 Å². The van der Waals surface area contributed by atoms with Crippen LogP contribution < -0.4 is 5.32 Å². The Morgan fingerprint density at radius 2 is 1.88 bits per heavy atom. The smallest absolute Gasteiger partial charge is 0.242 e. The maximum atomic E-state index is 12.1. The minimum absolute atomic E-state index is 0.191. The summed E-state index contributed by atoms with van der Waals surface area (Å²) < 4.78 is 30.8. The predicted octanol–water partition coefficient (Wildman–Crippen LogP) is 3.05. The second-order valence-corrected chi connectivity index (χ2v) is 7.76. The molecule has 0 bridgehead atoms.